The molecule has 0 aliphatic carbocycles. The van der Waals surface area contributed by atoms with Gasteiger partial charge in [-0.1, -0.05) is 6.07 Å². The van der Waals surface area contributed by atoms with E-state index in [1.54, 1.807) is 23.6 Å². The van der Waals surface area contributed by atoms with Gasteiger partial charge in [-0.05, 0) is 45.7 Å². The molecule has 0 spiro atoms. The zero-order valence-corrected chi connectivity index (χ0v) is 18.3. The van der Waals surface area contributed by atoms with Gasteiger partial charge < -0.3 is 10.2 Å². The number of piperidine rings is 1. The summed E-state index contributed by atoms with van der Waals surface area (Å²) in [4.78, 5) is 33.9. The Labute approximate surface area is 180 Å². The summed E-state index contributed by atoms with van der Waals surface area (Å²) in [5.74, 6) is 1.64. The number of pyridine rings is 1. The summed E-state index contributed by atoms with van der Waals surface area (Å²) < 4.78 is 0. The van der Waals surface area contributed by atoms with Gasteiger partial charge in [-0.25, -0.2) is 15.0 Å². The molecule has 1 amide bonds. The molecule has 1 fully saturated rings. The first kappa shape index (κ1) is 20.4. The molecule has 1 saturated heterocycles. The summed E-state index contributed by atoms with van der Waals surface area (Å²) >= 11 is 1.59. The van der Waals surface area contributed by atoms with Gasteiger partial charge in [0.25, 0.3) is 5.91 Å². The summed E-state index contributed by atoms with van der Waals surface area (Å²) in [6.07, 6.45) is 5.42. The molecule has 1 aliphatic heterocycles. The molecule has 1 aliphatic rings. The maximum absolute atomic E-state index is 12.9. The quantitative estimate of drug-likeness (QED) is 0.665. The lowest BCUT2D eigenvalue weighted by molar-refractivity contribution is 0.0700. The van der Waals surface area contributed by atoms with E-state index in [-0.39, 0.29) is 17.9 Å². The number of hydrogen-bond donors (Lipinski definition) is 1. The van der Waals surface area contributed by atoms with Gasteiger partial charge in [0.2, 0.25) is 0 Å². The number of aromatic nitrogens is 4. The molecule has 3 aromatic heterocycles. The number of amides is 1. The predicted molar refractivity (Wildman–Crippen MR) is 119 cm³/mol. The van der Waals surface area contributed by atoms with Crippen molar-refractivity contribution in [3.8, 4) is 10.7 Å². The van der Waals surface area contributed by atoms with Crippen molar-refractivity contribution in [3.63, 3.8) is 0 Å². The zero-order valence-electron chi connectivity index (χ0n) is 17.5. The zero-order chi connectivity index (χ0) is 21.1. The summed E-state index contributed by atoms with van der Waals surface area (Å²) in [5, 5.41) is 4.39. The number of aryl methyl sites for hydroxylation is 1. The molecular formula is C22H26N6OS. The van der Waals surface area contributed by atoms with E-state index in [4.69, 9.17) is 9.97 Å². The highest BCUT2D eigenvalue weighted by Crippen LogP contribution is 2.31. The molecule has 1 unspecified atom stereocenters. The number of thiazole rings is 1. The largest absolute Gasteiger partial charge is 0.368 e. The Kier molecular flexibility index (Phi) is 6.03. The highest BCUT2D eigenvalue weighted by atomic mass is 32.1. The van der Waals surface area contributed by atoms with E-state index in [1.807, 2.05) is 36.2 Å². The fourth-order valence-corrected chi connectivity index (χ4v) is 4.39. The van der Waals surface area contributed by atoms with Crippen LogP contribution in [0, 0.1) is 6.92 Å². The van der Waals surface area contributed by atoms with Crippen molar-refractivity contribution in [1.29, 1.82) is 0 Å². The molecule has 0 bridgehead atoms. The third-order valence-corrected chi connectivity index (χ3v) is 5.94. The normalized spacial score (nSPS) is 16.7. The van der Waals surface area contributed by atoms with Gasteiger partial charge in [0.1, 0.15) is 11.5 Å². The molecule has 3 aromatic rings. The molecule has 1 atom stereocenters. The number of nitrogens with one attached hydrogen (secondary N) is 1. The minimum absolute atomic E-state index is 0.0202. The van der Waals surface area contributed by atoms with E-state index in [2.05, 4.69) is 29.1 Å². The van der Waals surface area contributed by atoms with E-state index < -0.39 is 0 Å². The SMILES string of the molecule is Cc1ncc(-c2nc(NC(C)C)cc(C3CCCN(C(=O)c4ccccn4)C3)n2)s1. The van der Waals surface area contributed by atoms with Crippen molar-refractivity contribution in [2.45, 2.75) is 45.6 Å². The van der Waals surface area contributed by atoms with Crippen LogP contribution in [0.4, 0.5) is 5.82 Å². The van der Waals surface area contributed by atoms with Crippen LogP contribution in [-0.4, -0.2) is 49.9 Å². The standard InChI is InChI=1S/C22H26N6OS/c1-14(2)25-20-11-18(26-21(27-20)19-12-24-15(3)30-19)16-7-6-10-28(13-16)22(29)17-8-4-5-9-23-17/h4-5,8-9,11-12,14,16H,6-7,10,13H2,1-3H3,(H,25,26,27). The lowest BCUT2D eigenvalue weighted by atomic mass is 9.94. The molecule has 0 radical (unpaired) electrons. The third-order valence-electron chi connectivity index (χ3n) is 5.04. The molecular weight excluding hydrogens is 396 g/mol. The van der Waals surface area contributed by atoms with Crippen LogP contribution in [0.1, 0.15) is 53.8 Å². The highest BCUT2D eigenvalue weighted by molar-refractivity contribution is 7.14. The Hall–Kier alpha value is -2.87. The Balaban J connectivity index is 1.62. The van der Waals surface area contributed by atoms with Gasteiger partial charge in [-0.2, -0.15) is 0 Å². The number of carbonyl (C=O) groups is 1. The lowest BCUT2D eigenvalue weighted by Gasteiger charge is -2.32. The van der Waals surface area contributed by atoms with Gasteiger partial charge in [0, 0.05) is 43.5 Å². The van der Waals surface area contributed by atoms with Gasteiger partial charge in [0.05, 0.1) is 15.6 Å². The van der Waals surface area contributed by atoms with Crippen LogP contribution in [0.15, 0.2) is 36.7 Å². The summed E-state index contributed by atoms with van der Waals surface area (Å²) in [7, 11) is 0. The van der Waals surface area contributed by atoms with Crippen LogP contribution >= 0.6 is 11.3 Å². The molecule has 156 valence electrons. The van der Waals surface area contributed by atoms with Crippen LogP contribution in [0.2, 0.25) is 0 Å². The number of hydrogen-bond acceptors (Lipinski definition) is 7. The van der Waals surface area contributed by atoms with Crippen molar-refractivity contribution in [1.82, 2.24) is 24.8 Å². The first-order valence-corrected chi connectivity index (χ1v) is 11.1. The fraction of sp³-hybridized carbons (Fsp3) is 0.409. The lowest BCUT2D eigenvalue weighted by Crippen LogP contribution is -2.39. The van der Waals surface area contributed by atoms with Crippen molar-refractivity contribution >= 4 is 23.1 Å². The number of nitrogens with zero attached hydrogens (tertiary/aromatic N) is 5. The minimum Gasteiger partial charge on any atom is -0.368 e. The second-order valence-electron chi connectivity index (χ2n) is 7.85. The molecule has 7 nitrogen and oxygen atoms in total. The highest BCUT2D eigenvalue weighted by Gasteiger charge is 2.28. The molecule has 4 heterocycles. The van der Waals surface area contributed by atoms with Crippen molar-refractivity contribution < 1.29 is 4.79 Å². The number of carbonyl (C=O) groups excluding carboxylic acids is 1. The first-order chi connectivity index (χ1) is 14.5. The molecule has 0 saturated carbocycles. The topological polar surface area (TPSA) is 83.9 Å². The van der Waals surface area contributed by atoms with Crippen molar-refractivity contribution in [3.05, 3.63) is 53.1 Å². The van der Waals surface area contributed by atoms with E-state index >= 15 is 0 Å². The molecule has 30 heavy (non-hydrogen) atoms. The maximum Gasteiger partial charge on any atom is 0.272 e. The first-order valence-electron chi connectivity index (χ1n) is 10.3. The Morgan fingerprint density at radius 2 is 2.13 bits per heavy atom. The van der Waals surface area contributed by atoms with E-state index in [0.29, 0.717) is 18.1 Å². The van der Waals surface area contributed by atoms with Crippen LogP contribution in [0.3, 0.4) is 0 Å². The summed E-state index contributed by atoms with van der Waals surface area (Å²) in [6, 6.07) is 7.72. The Bertz CT molecular complexity index is 1020. The van der Waals surface area contributed by atoms with Crippen LogP contribution in [0.5, 0.6) is 0 Å². The van der Waals surface area contributed by atoms with E-state index in [0.717, 1.165) is 40.8 Å². The fourth-order valence-electron chi connectivity index (χ4n) is 3.67. The predicted octanol–water partition coefficient (Wildman–Crippen LogP) is 4.14. The van der Waals surface area contributed by atoms with Crippen LogP contribution in [0.25, 0.3) is 10.7 Å². The van der Waals surface area contributed by atoms with E-state index in [9.17, 15) is 4.79 Å². The Morgan fingerprint density at radius 1 is 1.27 bits per heavy atom. The molecule has 4 rings (SSSR count). The monoisotopic (exact) mass is 422 g/mol. The number of rotatable bonds is 5. The van der Waals surface area contributed by atoms with E-state index in [1.165, 1.54) is 0 Å². The smallest absolute Gasteiger partial charge is 0.272 e. The van der Waals surface area contributed by atoms with Crippen LogP contribution in [-0.2, 0) is 0 Å². The van der Waals surface area contributed by atoms with Crippen LogP contribution < -0.4 is 5.32 Å². The second kappa shape index (κ2) is 8.87. The number of anilines is 1. The Morgan fingerprint density at radius 3 is 2.83 bits per heavy atom. The average Bonchev–Trinajstić information content (AvgIpc) is 3.19. The molecule has 8 heteroatoms. The van der Waals surface area contributed by atoms with Gasteiger partial charge in [0.15, 0.2) is 5.82 Å². The van der Waals surface area contributed by atoms with Crippen molar-refractivity contribution in [2.24, 2.45) is 0 Å². The second-order valence-corrected chi connectivity index (χ2v) is 9.08. The number of likely N-dealkylation sites (tertiary alicyclic amines) is 1. The van der Waals surface area contributed by atoms with Gasteiger partial charge in [-0.15, -0.1) is 11.3 Å². The summed E-state index contributed by atoms with van der Waals surface area (Å²) in [6.45, 7) is 7.54. The van der Waals surface area contributed by atoms with Gasteiger partial charge >= 0.3 is 0 Å². The summed E-state index contributed by atoms with van der Waals surface area (Å²) in [5.41, 5.74) is 1.46. The molecule has 1 N–H and O–H groups in total. The van der Waals surface area contributed by atoms with Gasteiger partial charge in [-0.3, -0.25) is 9.78 Å². The average molecular weight is 423 g/mol. The maximum atomic E-state index is 12.9. The van der Waals surface area contributed by atoms with Crippen molar-refractivity contribution in [2.75, 3.05) is 18.4 Å². The third kappa shape index (κ3) is 4.64. The molecule has 0 aromatic carbocycles. The minimum atomic E-state index is -0.0202.